The lowest BCUT2D eigenvalue weighted by Crippen LogP contribution is -2.33. The quantitative estimate of drug-likeness (QED) is 0.0857. The minimum atomic E-state index is -0.295. The van der Waals surface area contributed by atoms with E-state index in [1.165, 1.54) is 23.3 Å². The van der Waals surface area contributed by atoms with E-state index < -0.39 is 0 Å². The lowest BCUT2D eigenvalue weighted by Gasteiger charge is -2.31. The van der Waals surface area contributed by atoms with Crippen LogP contribution in [0.3, 0.4) is 0 Å². The molecule has 1 aliphatic heterocycles. The number of fused-ring (bicyclic) bond motifs is 2. The Labute approximate surface area is 306 Å². The molecule has 4 N–H and O–H groups in total. The smallest absolute Gasteiger partial charge is 0.280 e. The van der Waals surface area contributed by atoms with Crippen LogP contribution < -0.4 is 20.7 Å². The predicted octanol–water partition coefficient (Wildman–Crippen LogP) is 7.15. The number of amides is 3. The van der Waals surface area contributed by atoms with Gasteiger partial charge in [-0.1, -0.05) is 74.7 Å². The van der Waals surface area contributed by atoms with Gasteiger partial charge < -0.3 is 10.6 Å². The van der Waals surface area contributed by atoms with Gasteiger partial charge in [0, 0.05) is 54.2 Å². The molecule has 0 saturated carbocycles. The fraction of sp³-hybridized carbons (Fsp3) is 0.368. The number of aromatic nitrogens is 4. The summed E-state index contributed by atoms with van der Waals surface area (Å²) in [5.74, 6) is 0.576. The summed E-state index contributed by atoms with van der Waals surface area (Å²) < 4.78 is 5.99. The molecule has 4 heterocycles. The van der Waals surface area contributed by atoms with Crippen molar-refractivity contribution in [3.05, 3.63) is 88.9 Å². The molecule has 5 aromatic rings. The number of thiazole rings is 1. The van der Waals surface area contributed by atoms with Gasteiger partial charge in [-0.3, -0.25) is 29.1 Å². The van der Waals surface area contributed by atoms with Gasteiger partial charge in [0.2, 0.25) is 5.91 Å². The second kappa shape index (κ2) is 15.6. The number of primary amides is 1. The Morgan fingerprint density at radius 1 is 0.961 bits per heavy atom. The highest BCUT2D eigenvalue weighted by molar-refractivity contribution is 7.97. The number of nitrogens with two attached hydrogens (primary N) is 1. The number of unbranched alkanes of at least 4 members (excludes halogenated alkanes) is 2. The third-order valence-electron chi connectivity index (χ3n) is 8.80. The van der Waals surface area contributed by atoms with Gasteiger partial charge in [0.15, 0.2) is 5.13 Å². The molecule has 0 saturated heterocycles. The lowest BCUT2D eigenvalue weighted by molar-refractivity contribution is -0.118. The van der Waals surface area contributed by atoms with Crippen LogP contribution in [-0.2, 0) is 24.3 Å². The standard InChI is InChI=1S/C38H44N8O3S2/c1-24-28(21-40-46(24)23-38(2,3)4)26-16-17-33(42-34(26)36(49)44-50-20-9-5-6-15-32(39)47)45-19-18-25-11-10-12-27(29(25)22-45)35(48)43-37-41-30-13-7-8-14-31(30)51-37/h7-8,10-14,16-17,21H,5-6,9,15,18-20,22-23H2,1-4H3,(H2,39,47)(H,44,49)(H,41,43,48). The Morgan fingerprint density at radius 2 is 1.78 bits per heavy atom. The summed E-state index contributed by atoms with van der Waals surface area (Å²) in [4.78, 5) is 50.2. The first kappa shape index (κ1) is 36.1. The van der Waals surface area contributed by atoms with Crippen LogP contribution in [0, 0.1) is 12.3 Å². The third kappa shape index (κ3) is 8.77. The molecule has 266 valence electrons. The van der Waals surface area contributed by atoms with Crippen LogP contribution in [0.15, 0.2) is 60.8 Å². The van der Waals surface area contributed by atoms with Gasteiger partial charge in [0.1, 0.15) is 11.5 Å². The van der Waals surface area contributed by atoms with E-state index in [4.69, 9.17) is 10.7 Å². The number of carbonyl (C=O) groups is 3. The first-order valence-corrected chi connectivity index (χ1v) is 19.0. The van der Waals surface area contributed by atoms with Crippen molar-refractivity contribution in [2.24, 2.45) is 11.1 Å². The maximum absolute atomic E-state index is 13.8. The number of hydrogen-bond donors (Lipinski definition) is 3. The van der Waals surface area contributed by atoms with E-state index in [1.54, 1.807) is 0 Å². The Hall–Kier alpha value is -4.75. The molecule has 51 heavy (non-hydrogen) atoms. The Kier molecular flexibility index (Phi) is 11.1. The molecular formula is C38H44N8O3S2. The van der Waals surface area contributed by atoms with Crippen molar-refractivity contribution >= 4 is 62.2 Å². The summed E-state index contributed by atoms with van der Waals surface area (Å²) in [6.07, 6.45) is 5.35. The number of nitrogens with zero attached hydrogens (tertiary/aromatic N) is 5. The molecule has 3 amide bonds. The van der Waals surface area contributed by atoms with Crippen molar-refractivity contribution in [2.45, 2.75) is 72.9 Å². The van der Waals surface area contributed by atoms with Crippen LogP contribution in [0.1, 0.15) is 84.1 Å². The maximum Gasteiger partial charge on any atom is 0.280 e. The van der Waals surface area contributed by atoms with Gasteiger partial charge in [-0.2, -0.15) is 5.10 Å². The third-order valence-corrected chi connectivity index (χ3v) is 10.6. The summed E-state index contributed by atoms with van der Waals surface area (Å²) in [7, 11) is 0. The van der Waals surface area contributed by atoms with Gasteiger partial charge >= 0.3 is 0 Å². The van der Waals surface area contributed by atoms with Crippen LogP contribution in [0.2, 0.25) is 0 Å². The molecule has 2 aromatic carbocycles. The Morgan fingerprint density at radius 3 is 2.57 bits per heavy atom. The van der Waals surface area contributed by atoms with Gasteiger partial charge in [-0.05, 0) is 73.1 Å². The summed E-state index contributed by atoms with van der Waals surface area (Å²) in [6, 6.07) is 17.6. The molecule has 0 fully saturated rings. The van der Waals surface area contributed by atoms with E-state index >= 15 is 0 Å². The number of anilines is 2. The fourth-order valence-electron chi connectivity index (χ4n) is 6.23. The van der Waals surface area contributed by atoms with Crippen LogP contribution >= 0.6 is 23.3 Å². The van der Waals surface area contributed by atoms with Crippen molar-refractivity contribution in [2.75, 3.05) is 22.5 Å². The minimum absolute atomic E-state index is 0.0269. The van der Waals surface area contributed by atoms with Gasteiger partial charge in [-0.25, -0.2) is 9.97 Å². The highest BCUT2D eigenvalue weighted by atomic mass is 32.2. The van der Waals surface area contributed by atoms with Crippen molar-refractivity contribution in [3.63, 3.8) is 0 Å². The summed E-state index contributed by atoms with van der Waals surface area (Å²) in [5.41, 5.74) is 11.6. The second-order valence-corrected chi connectivity index (χ2v) is 16.0. The van der Waals surface area contributed by atoms with Gasteiger partial charge in [-0.15, -0.1) is 0 Å². The van der Waals surface area contributed by atoms with E-state index in [9.17, 15) is 14.4 Å². The molecule has 0 aliphatic carbocycles. The first-order chi connectivity index (χ1) is 24.5. The maximum atomic E-state index is 13.8. The molecular weight excluding hydrogens is 681 g/mol. The summed E-state index contributed by atoms with van der Waals surface area (Å²) in [6.45, 7) is 10.4. The molecule has 1 aliphatic rings. The van der Waals surface area contributed by atoms with E-state index in [0.29, 0.717) is 53.0 Å². The lowest BCUT2D eigenvalue weighted by atomic mass is 9.94. The molecule has 0 atom stereocenters. The van der Waals surface area contributed by atoms with Crippen molar-refractivity contribution < 1.29 is 14.4 Å². The number of rotatable bonds is 13. The predicted molar refractivity (Wildman–Crippen MR) is 206 cm³/mol. The molecule has 0 bridgehead atoms. The monoisotopic (exact) mass is 724 g/mol. The Bertz CT molecular complexity index is 2030. The van der Waals surface area contributed by atoms with Crippen LogP contribution in [-0.4, -0.2) is 49.8 Å². The average Bonchev–Trinajstić information content (AvgIpc) is 3.67. The Balaban J connectivity index is 1.24. The molecule has 6 rings (SSSR count). The number of pyridine rings is 1. The van der Waals surface area contributed by atoms with E-state index in [2.05, 4.69) is 51.9 Å². The average molecular weight is 725 g/mol. The normalized spacial score (nSPS) is 12.9. The van der Waals surface area contributed by atoms with Crippen molar-refractivity contribution in [3.8, 4) is 11.1 Å². The van der Waals surface area contributed by atoms with Crippen molar-refractivity contribution in [1.29, 1.82) is 0 Å². The SMILES string of the molecule is Cc1c(-c2ccc(N3CCc4cccc(C(=O)Nc5nc6ccccc6s5)c4C3)nc2C(=O)NSCCCCCC(N)=O)cnn1CC(C)(C)C. The number of hydrogen-bond acceptors (Lipinski definition) is 9. The summed E-state index contributed by atoms with van der Waals surface area (Å²) >= 11 is 2.79. The second-order valence-electron chi connectivity index (χ2n) is 14.0. The van der Waals surface area contributed by atoms with Crippen molar-refractivity contribution in [1.82, 2.24) is 24.5 Å². The fourth-order valence-corrected chi connectivity index (χ4v) is 7.77. The number of benzene rings is 2. The number of carbonyl (C=O) groups excluding carboxylic acids is 3. The first-order valence-electron chi connectivity index (χ1n) is 17.2. The van der Waals surface area contributed by atoms with Crippen LogP contribution in [0.4, 0.5) is 10.9 Å². The topological polar surface area (TPSA) is 148 Å². The minimum Gasteiger partial charge on any atom is -0.370 e. The highest BCUT2D eigenvalue weighted by Crippen LogP contribution is 2.33. The van der Waals surface area contributed by atoms with Crippen LogP contribution in [0.25, 0.3) is 21.3 Å². The largest absolute Gasteiger partial charge is 0.370 e. The zero-order chi connectivity index (χ0) is 36.1. The van der Waals surface area contributed by atoms with E-state index in [1.807, 2.05) is 66.3 Å². The highest BCUT2D eigenvalue weighted by Gasteiger charge is 2.26. The zero-order valence-electron chi connectivity index (χ0n) is 29.5. The summed E-state index contributed by atoms with van der Waals surface area (Å²) in [5, 5.41) is 8.24. The number of nitrogens with one attached hydrogen (secondary N) is 2. The van der Waals surface area contributed by atoms with Gasteiger partial charge in [0.25, 0.3) is 11.8 Å². The molecule has 11 nitrogen and oxygen atoms in total. The van der Waals surface area contributed by atoms with E-state index in [-0.39, 0.29) is 23.1 Å². The number of para-hydroxylation sites is 1. The van der Waals surface area contributed by atoms with E-state index in [0.717, 1.165) is 64.8 Å². The molecule has 3 aromatic heterocycles. The van der Waals surface area contributed by atoms with Gasteiger partial charge in [0.05, 0.1) is 16.4 Å². The molecule has 0 unspecified atom stereocenters. The molecule has 0 spiro atoms. The molecule has 13 heteroatoms. The zero-order valence-corrected chi connectivity index (χ0v) is 31.1. The molecule has 0 radical (unpaired) electrons. The van der Waals surface area contributed by atoms with Crippen LogP contribution in [0.5, 0.6) is 0 Å².